The van der Waals surface area contributed by atoms with Crippen molar-refractivity contribution in [2.24, 2.45) is 0 Å². The van der Waals surface area contributed by atoms with Gasteiger partial charge in [0.05, 0.1) is 11.0 Å². The molecule has 0 aliphatic heterocycles. The minimum absolute atomic E-state index is 0.205. The Morgan fingerprint density at radius 2 is 1.48 bits per heavy atom. The zero-order chi connectivity index (χ0) is 20.8. The van der Waals surface area contributed by atoms with Gasteiger partial charge in [-0.05, 0) is 57.0 Å². The zero-order valence-electron chi connectivity index (χ0n) is 16.3. The van der Waals surface area contributed by atoms with E-state index in [0.717, 1.165) is 32.7 Å². The number of allylic oxidation sites excluding steroid dienone is 1. The Morgan fingerprint density at radius 3 is 2.07 bits per heavy atom. The lowest BCUT2D eigenvalue weighted by molar-refractivity contribution is -0.149. The van der Waals surface area contributed by atoms with Crippen molar-refractivity contribution in [2.45, 2.75) is 59.0 Å². The number of thioether (sulfide) groups is 2. The molecule has 2 aromatic rings. The van der Waals surface area contributed by atoms with Gasteiger partial charge in [-0.25, -0.2) is 0 Å². The summed E-state index contributed by atoms with van der Waals surface area (Å²) in [5.41, 5.74) is 0.655. The molecular formula is C23H24O4S2. The summed E-state index contributed by atoms with van der Waals surface area (Å²) in [6.07, 6.45) is -0.503. The molecule has 4 rings (SSSR count). The van der Waals surface area contributed by atoms with Crippen LogP contribution >= 0.6 is 23.5 Å². The molecule has 0 spiro atoms. The van der Waals surface area contributed by atoms with Crippen molar-refractivity contribution in [3.63, 3.8) is 0 Å². The van der Waals surface area contributed by atoms with Gasteiger partial charge in [0.2, 0.25) is 0 Å². The van der Waals surface area contributed by atoms with Gasteiger partial charge >= 0.3 is 0 Å². The van der Waals surface area contributed by atoms with Gasteiger partial charge in [0.25, 0.3) is 0 Å². The third kappa shape index (κ3) is 3.57. The van der Waals surface area contributed by atoms with E-state index in [1.807, 2.05) is 62.4 Å². The number of aliphatic hydroxyl groups excluding tert-OH is 2. The molecule has 0 heterocycles. The van der Waals surface area contributed by atoms with Gasteiger partial charge in [-0.3, -0.25) is 4.79 Å². The minimum Gasteiger partial charge on any atom is -0.391 e. The molecule has 29 heavy (non-hydrogen) atoms. The van der Waals surface area contributed by atoms with Crippen molar-refractivity contribution in [3.05, 3.63) is 70.6 Å². The number of fused-ring (bicyclic) bond motifs is 2. The van der Waals surface area contributed by atoms with Crippen molar-refractivity contribution in [1.29, 1.82) is 0 Å². The second-order valence-corrected chi connectivity index (χ2v) is 10.4. The predicted molar refractivity (Wildman–Crippen MR) is 116 cm³/mol. The molecule has 2 bridgehead atoms. The first-order valence-corrected chi connectivity index (χ1v) is 11.2. The molecule has 0 radical (unpaired) electrons. The highest BCUT2D eigenvalue weighted by Crippen LogP contribution is 2.54. The van der Waals surface area contributed by atoms with Crippen molar-refractivity contribution in [2.75, 3.05) is 0 Å². The molecule has 0 aromatic heterocycles. The molecule has 0 amide bonds. The van der Waals surface area contributed by atoms with E-state index >= 15 is 0 Å². The fourth-order valence-corrected chi connectivity index (χ4v) is 6.51. The van der Waals surface area contributed by atoms with E-state index in [9.17, 15) is 20.1 Å². The Hall–Kier alpha value is -1.57. The van der Waals surface area contributed by atoms with E-state index in [-0.39, 0.29) is 18.6 Å². The fraction of sp³-hybridized carbons (Fsp3) is 0.348. The molecule has 0 unspecified atom stereocenters. The van der Waals surface area contributed by atoms with Gasteiger partial charge in [0.15, 0.2) is 5.78 Å². The van der Waals surface area contributed by atoms with Crippen LogP contribution in [0.5, 0.6) is 0 Å². The van der Waals surface area contributed by atoms with Crippen LogP contribution in [0.1, 0.15) is 24.0 Å². The minimum atomic E-state index is -1.54. The maximum absolute atomic E-state index is 13.6. The summed E-state index contributed by atoms with van der Waals surface area (Å²) in [6.45, 7) is 3.97. The fourth-order valence-electron chi connectivity index (χ4n) is 3.96. The van der Waals surface area contributed by atoms with Gasteiger partial charge in [0.1, 0.15) is 16.5 Å². The molecule has 4 nitrogen and oxygen atoms in total. The Labute approximate surface area is 179 Å². The Bertz CT molecular complexity index is 954. The molecule has 1 fully saturated rings. The first kappa shape index (κ1) is 20.7. The molecule has 6 heteroatoms. The summed E-state index contributed by atoms with van der Waals surface area (Å²) in [6, 6.07) is 15.4. The number of hydrogen-bond donors (Lipinski definition) is 3. The third-order valence-corrected chi connectivity index (χ3v) is 8.27. The monoisotopic (exact) mass is 428 g/mol. The summed E-state index contributed by atoms with van der Waals surface area (Å²) in [5, 5.41) is 33.2. The van der Waals surface area contributed by atoms with Crippen LogP contribution in [0, 0.1) is 13.8 Å². The summed E-state index contributed by atoms with van der Waals surface area (Å²) < 4.78 is -1.54. The van der Waals surface area contributed by atoms with Gasteiger partial charge in [-0.15, -0.1) is 11.8 Å². The first-order chi connectivity index (χ1) is 13.7. The largest absolute Gasteiger partial charge is 0.391 e. The van der Waals surface area contributed by atoms with Crippen molar-refractivity contribution in [3.8, 4) is 0 Å². The number of rotatable bonds is 4. The number of aliphatic hydroxyl groups is 3. The number of ketones is 1. The van der Waals surface area contributed by atoms with Crippen LogP contribution in [-0.2, 0) is 4.79 Å². The molecule has 152 valence electrons. The van der Waals surface area contributed by atoms with E-state index in [2.05, 4.69) is 0 Å². The summed E-state index contributed by atoms with van der Waals surface area (Å²) >= 11 is 2.42. The Morgan fingerprint density at radius 1 is 0.931 bits per heavy atom. The molecule has 2 aromatic carbocycles. The van der Waals surface area contributed by atoms with E-state index in [1.165, 1.54) is 17.8 Å². The smallest absolute Gasteiger partial charge is 0.191 e. The van der Waals surface area contributed by atoms with Crippen molar-refractivity contribution in [1.82, 2.24) is 0 Å². The van der Waals surface area contributed by atoms with Gasteiger partial charge in [0, 0.05) is 9.79 Å². The first-order valence-electron chi connectivity index (χ1n) is 9.61. The molecule has 1 saturated carbocycles. The maximum atomic E-state index is 13.6. The number of Topliss-reactive ketones (excluding diaryl/α,β-unsaturated/α-hetero) is 1. The van der Waals surface area contributed by atoms with Crippen LogP contribution in [0.3, 0.4) is 0 Å². The third-order valence-electron chi connectivity index (χ3n) is 5.71. The average molecular weight is 429 g/mol. The number of aryl methyl sites for hydroxylation is 2. The van der Waals surface area contributed by atoms with Crippen molar-refractivity contribution < 1.29 is 20.1 Å². The molecular weight excluding hydrogens is 404 g/mol. The van der Waals surface area contributed by atoms with Gasteiger partial charge in [-0.2, -0.15) is 0 Å². The maximum Gasteiger partial charge on any atom is 0.191 e. The lowest BCUT2D eigenvalue weighted by Gasteiger charge is -2.52. The quantitative estimate of drug-likeness (QED) is 0.690. The summed E-state index contributed by atoms with van der Waals surface area (Å²) in [4.78, 5) is 15.6. The standard InChI is InChI=1S/C23H24O4S2/c1-14-3-7-16(8-4-14)28-18-13-22(27)12-11-19(24)23(20(18)25,21(22)26)29-17-9-5-15(2)6-10-17/h3-10,13,19,21,24,26-27H,11-12H2,1-2H3/t19-,21+,22+,23-/m1/s1. The second kappa shape index (κ2) is 7.60. The zero-order valence-corrected chi connectivity index (χ0v) is 18.0. The molecule has 4 atom stereocenters. The molecule has 0 saturated heterocycles. The number of carbonyl (C=O) groups excluding carboxylic acids is 1. The Kier molecular flexibility index (Phi) is 5.42. The van der Waals surface area contributed by atoms with Crippen LogP contribution in [0.15, 0.2) is 69.3 Å². The van der Waals surface area contributed by atoms with E-state index in [4.69, 9.17) is 0 Å². The van der Waals surface area contributed by atoms with Gasteiger partial charge < -0.3 is 15.3 Å². The van der Waals surface area contributed by atoms with E-state index in [1.54, 1.807) is 0 Å². The van der Waals surface area contributed by atoms with Crippen LogP contribution in [0.4, 0.5) is 0 Å². The lowest BCUT2D eigenvalue weighted by Crippen LogP contribution is -2.69. The van der Waals surface area contributed by atoms with E-state index < -0.39 is 22.6 Å². The molecule has 3 N–H and O–H groups in total. The molecule has 2 aliphatic rings. The predicted octanol–water partition coefficient (Wildman–Crippen LogP) is 3.64. The summed E-state index contributed by atoms with van der Waals surface area (Å²) in [5.74, 6) is -0.335. The second-order valence-electron chi connectivity index (χ2n) is 7.91. The normalized spacial score (nSPS) is 31.5. The highest BCUT2D eigenvalue weighted by molar-refractivity contribution is 8.05. The Balaban J connectivity index is 1.75. The average Bonchev–Trinajstić information content (AvgIpc) is 2.70. The van der Waals surface area contributed by atoms with Crippen molar-refractivity contribution >= 4 is 29.3 Å². The highest BCUT2D eigenvalue weighted by Gasteiger charge is 2.64. The SMILES string of the molecule is Cc1ccc(SC2=C[C@@]3(O)CC[C@@H](O)[C@@](Sc4ccc(C)cc4)(C2=O)[C@H]3O)cc1. The number of hydrogen-bond acceptors (Lipinski definition) is 6. The van der Waals surface area contributed by atoms with E-state index in [0.29, 0.717) is 4.91 Å². The van der Waals surface area contributed by atoms with Crippen LogP contribution in [0.25, 0.3) is 0 Å². The van der Waals surface area contributed by atoms with Crippen LogP contribution < -0.4 is 0 Å². The van der Waals surface area contributed by atoms with Gasteiger partial charge in [-0.1, -0.05) is 47.2 Å². The number of benzene rings is 2. The summed E-state index contributed by atoms with van der Waals surface area (Å²) in [7, 11) is 0. The topological polar surface area (TPSA) is 77.8 Å². The number of carbonyl (C=O) groups is 1. The molecule has 2 aliphatic carbocycles. The highest BCUT2D eigenvalue weighted by atomic mass is 32.2. The van der Waals surface area contributed by atoms with Crippen LogP contribution in [0.2, 0.25) is 0 Å². The van der Waals surface area contributed by atoms with Crippen LogP contribution in [-0.4, -0.2) is 43.7 Å². The lowest BCUT2D eigenvalue weighted by atomic mass is 9.67.